The average Bonchev–Trinajstić information content (AvgIpc) is 3.56. The summed E-state index contributed by atoms with van der Waals surface area (Å²) in [5.41, 5.74) is -0.132. The Morgan fingerprint density at radius 3 is 2.66 bits per heavy atom. The van der Waals surface area contributed by atoms with Crippen molar-refractivity contribution in [2.45, 2.75) is 31.2 Å². The van der Waals surface area contributed by atoms with Gasteiger partial charge in [-0.15, -0.1) is 6.42 Å². The molecule has 0 aliphatic carbocycles. The molecule has 4 aromatic rings. The third kappa shape index (κ3) is 4.54. The molecule has 41 heavy (non-hydrogen) atoms. The van der Waals surface area contributed by atoms with Gasteiger partial charge in [-0.1, -0.05) is 12.0 Å². The number of nitrogens with zero attached hydrogens (tertiary/aromatic N) is 4. The molecule has 6 rings (SSSR count). The van der Waals surface area contributed by atoms with Gasteiger partial charge in [-0.05, 0) is 62.4 Å². The van der Waals surface area contributed by atoms with E-state index in [0.29, 0.717) is 23.2 Å². The number of anilines is 1. The molecule has 0 unspecified atom stereocenters. The maximum atomic E-state index is 16.4. The maximum Gasteiger partial charge on any atom is 0.412 e. The third-order valence-electron chi connectivity index (χ3n) is 8.04. The number of hydrogen-bond acceptors (Lipinski definition) is 8. The Kier molecular flexibility index (Phi) is 6.79. The molecule has 2 aromatic carbocycles. The van der Waals surface area contributed by atoms with Gasteiger partial charge in [-0.2, -0.15) is 9.97 Å². The van der Waals surface area contributed by atoms with Crippen LogP contribution in [-0.4, -0.2) is 65.3 Å². The fraction of sp³-hybridized carbons (Fsp3) is 0.333. The van der Waals surface area contributed by atoms with Crippen LogP contribution in [0.4, 0.5) is 19.4 Å². The molecule has 0 spiro atoms. The lowest BCUT2D eigenvalue weighted by atomic mass is 9.95. The highest BCUT2D eigenvalue weighted by Gasteiger charge is 2.45. The molecule has 2 saturated heterocycles. The summed E-state index contributed by atoms with van der Waals surface area (Å²) in [7, 11) is 3.08. The molecule has 1 amide bonds. The van der Waals surface area contributed by atoms with Crippen LogP contribution < -0.4 is 20.1 Å². The van der Waals surface area contributed by atoms with Crippen LogP contribution >= 0.6 is 0 Å². The number of pyridine rings is 1. The van der Waals surface area contributed by atoms with Gasteiger partial charge in [0, 0.05) is 31.2 Å². The van der Waals surface area contributed by atoms with E-state index in [0.717, 1.165) is 38.8 Å². The van der Waals surface area contributed by atoms with E-state index >= 15 is 4.39 Å². The highest BCUT2D eigenvalue weighted by Crippen LogP contribution is 2.40. The van der Waals surface area contributed by atoms with E-state index in [1.807, 2.05) is 0 Å². The minimum Gasteiger partial charge on any atom is -0.461 e. The second-order valence-electron chi connectivity index (χ2n) is 10.3. The molecular weight excluding hydrogens is 530 g/mol. The second-order valence-corrected chi connectivity index (χ2v) is 10.3. The van der Waals surface area contributed by atoms with E-state index in [9.17, 15) is 9.18 Å². The summed E-state index contributed by atoms with van der Waals surface area (Å²) in [6.07, 6.45) is 10.7. The normalized spacial score (nSPS) is 16.0. The SMILES string of the molecule is C#Cc1c(F)ccc2cc(OC(=O)NC)cc(-c3ncc4c(NC)nc(OCC56CCCN5CCC6)nc4c3F)c12. The van der Waals surface area contributed by atoms with Crippen molar-refractivity contribution in [3.05, 3.63) is 47.7 Å². The van der Waals surface area contributed by atoms with Gasteiger partial charge in [0.25, 0.3) is 0 Å². The van der Waals surface area contributed by atoms with Gasteiger partial charge in [-0.25, -0.2) is 13.6 Å². The zero-order valence-corrected chi connectivity index (χ0v) is 22.7. The van der Waals surface area contributed by atoms with Crippen LogP contribution in [0.25, 0.3) is 32.9 Å². The Hall–Kier alpha value is -4.56. The van der Waals surface area contributed by atoms with Crippen LogP contribution in [0.3, 0.4) is 0 Å². The van der Waals surface area contributed by atoms with Crippen LogP contribution in [0.1, 0.15) is 31.2 Å². The van der Waals surface area contributed by atoms with Gasteiger partial charge in [0.15, 0.2) is 5.82 Å². The molecule has 0 saturated carbocycles. The van der Waals surface area contributed by atoms with Crippen molar-refractivity contribution < 1.29 is 23.0 Å². The quantitative estimate of drug-likeness (QED) is 0.323. The summed E-state index contributed by atoms with van der Waals surface area (Å²) in [5.74, 6) is 1.39. The highest BCUT2D eigenvalue weighted by molar-refractivity contribution is 6.03. The van der Waals surface area contributed by atoms with Crippen LogP contribution in [0, 0.1) is 24.0 Å². The van der Waals surface area contributed by atoms with Crippen molar-refractivity contribution in [2.24, 2.45) is 0 Å². The standard InChI is InChI=1S/C30H28F2N6O3/c1-4-19-22(31)8-7-17-13-18(41-29(39)34-3)14-20(23(17)19)25-24(32)26-21(15-35-25)27(33-2)37-28(36-26)40-16-30-9-5-11-38(30)12-6-10-30/h1,7-8,13-15H,5-6,9-12,16H2,2-3H3,(H,34,39)(H,33,36,37). The number of ether oxygens (including phenoxy) is 2. The van der Waals surface area contributed by atoms with Crippen LogP contribution in [-0.2, 0) is 0 Å². The first-order chi connectivity index (χ1) is 19.9. The molecule has 0 atom stereocenters. The number of aromatic nitrogens is 3. The van der Waals surface area contributed by atoms with Crippen LogP contribution in [0.15, 0.2) is 30.5 Å². The number of carbonyl (C=O) groups is 1. The summed E-state index contributed by atoms with van der Waals surface area (Å²) >= 11 is 0. The highest BCUT2D eigenvalue weighted by atomic mass is 19.1. The molecule has 2 aliphatic heterocycles. The lowest BCUT2D eigenvalue weighted by Crippen LogP contribution is -2.43. The van der Waals surface area contributed by atoms with Gasteiger partial charge in [0.2, 0.25) is 0 Å². The lowest BCUT2D eigenvalue weighted by Gasteiger charge is -2.31. The number of benzene rings is 2. The summed E-state index contributed by atoms with van der Waals surface area (Å²) in [6.45, 7) is 2.50. The van der Waals surface area contributed by atoms with Crippen molar-refractivity contribution in [1.29, 1.82) is 0 Å². The van der Waals surface area contributed by atoms with E-state index in [1.54, 1.807) is 7.05 Å². The summed E-state index contributed by atoms with van der Waals surface area (Å²) in [6, 6.07) is 5.66. The molecular formula is C30H28F2N6O3. The zero-order valence-electron chi connectivity index (χ0n) is 22.7. The van der Waals surface area contributed by atoms with Gasteiger partial charge in [-0.3, -0.25) is 9.88 Å². The Labute approximate surface area is 235 Å². The molecule has 2 N–H and O–H groups in total. The Balaban J connectivity index is 1.50. The van der Waals surface area contributed by atoms with Gasteiger partial charge < -0.3 is 20.1 Å². The molecule has 2 aromatic heterocycles. The number of nitrogens with one attached hydrogen (secondary N) is 2. The lowest BCUT2D eigenvalue weighted by molar-refractivity contribution is 0.108. The Morgan fingerprint density at radius 1 is 1.17 bits per heavy atom. The number of halogens is 2. The first-order valence-corrected chi connectivity index (χ1v) is 13.4. The first kappa shape index (κ1) is 26.7. The number of amides is 1. The summed E-state index contributed by atoms with van der Waals surface area (Å²) < 4.78 is 42.7. The predicted octanol–water partition coefficient (Wildman–Crippen LogP) is 4.87. The van der Waals surface area contributed by atoms with Crippen LogP contribution in [0.5, 0.6) is 11.8 Å². The topological polar surface area (TPSA) is 102 Å². The van der Waals surface area contributed by atoms with Crippen molar-refractivity contribution >= 4 is 33.6 Å². The maximum absolute atomic E-state index is 16.4. The number of rotatable bonds is 6. The number of fused-ring (bicyclic) bond motifs is 3. The predicted molar refractivity (Wildman–Crippen MR) is 151 cm³/mol. The number of hydrogen-bond donors (Lipinski definition) is 2. The molecule has 0 bridgehead atoms. The molecule has 4 heterocycles. The van der Waals surface area contributed by atoms with E-state index in [4.69, 9.17) is 15.9 Å². The monoisotopic (exact) mass is 558 g/mol. The fourth-order valence-corrected chi connectivity index (χ4v) is 6.10. The molecule has 2 fully saturated rings. The van der Waals surface area contributed by atoms with Gasteiger partial charge in [0.05, 0.1) is 16.5 Å². The van der Waals surface area contributed by atoms with Crippen LogP contribution in [0.2, 0.25) is 0 Å². The fourth-order valence-electron chi connectivity index (χ4n) is 6.10. The molecule has 11 heteroatoms. The Bertz CT molecular complexity index is 1730. The first-order valence-electron chi connectivity index (χ1n) is 13.4. The smallest absolute Gasteiger partial charge is 0.412 e. The summed E-state index contributed by atoms with van der Waals surface area (Å²) in [5, 5.41) is 6.38. The largest absolute Gasteiger partial charge is 0.461 e. The second kappa shape index (κ2) is 10.4. The Morgan fingerprint density at radius 2 is 1.95 bits per heavy atom. The van der Waals surface area contributed by atoms with Crippen molar-refractivity contribution in [3.8, 4) is 35.4 Å². The summed E-state index contributed by atoms with van der Waals surface area (Å²) in [4.78, 5) is 27.7. The molecule has 9 nitrogen and oxygen atoms in total. The minimum atomic E-state index is -0.779. The van der Waals surface area contributed by atoms with E-state index in [1.165, 1.54) is 37.5 Å². The van der Waals surface area contributed by atoms with Gasteiger partial charge >= 0.3 is 12.1 Å². The molecule has 0 radical (unpaired) electrons. The zero-order chi connectivity index (χ0) is 28.7. The van der Waals surface area contributed by atoms with Crippen molar-refractivity contribution in [3.63, 3.8) is 0 Å². The average molecular weight is 559 g/mol. The minimum absolute atomic E-state index is 0.0269. The molecule has 210 valence electrons. The van der Waals surface area contributed by atoms with Gasteiger partial charge in [0.1, 0.15) is 35.2 Å². The van der Waals surface area contributed by atoms with Crippen molar-refractivity contribution in [1.82, 2.24) is 25.2 Å². The van der Waals surface area contributed by atoms with E-state index in [2.05, 4.69) is 36.4 Å². The molecule has 2 aliphatic rings. The number of terminal acetylenes is 1. The number of carbonyl (C=O) groups excluding carboxylic acids is 1. The van der Waals surface area contributed by atoms with Crippen molar-refractivity contribution in [2.75, 3.05) is 39.1 Å². The van der Waals surface area contributed by atoms with E-state index in [-0.39, 0.29) is 45.0 Å². The van der Waals surface area contributed by atoms with E-state index < -0.39 is 17.7 Å². The third-order valence-corrected chi connectivity index (χ3v) is 8.04.